The number of hydrogen-bond acceptors (Lipinski definition) is 8. The Morgan fingerprint density at radius 3 is 2.43 bits per heavy atom. The van der Waals surface area contributed by atoms with Crippen molar-refractivity contribution in [2.24, 2.45) is 0 Å². The molecule has 9 heteroatoms. The molecule has 0 atom stereocenters. The molecular weight excluding hydrogens is 490 g/mol. The van der Waals surface area contributed by atoms with Crippen LogP contribution in [0.1, 0.15) is 11.5 Å². The van der Waals surface area contributed by atoms with Crippen molar-refractivity contribution in [1.82, 2.24) is 14.5 Å². The van der Waals surface area contributed by atoms with E-state index >= 15 is 0 Å². The number of fused-ring (bicyclic) bond motifs is 1. The topological polar surface area (TPSA) is 88.6 Å². The third kappa shape index (κ3) is 4.65. The van der Waals surface area contributed by atoms with Gasteiger partial charge in [-0.15, -0.1) is 0 Å². The summed E-state index contributed by atoms with van der Waals surface area (Å²) in [6, 6.07) is 20.2. The van der Waals surface area contributed by atoms with Gasteiger partial charge in [0.15, 0.2) is 5.16 Å². The van der Waals surface area contributed by atoms with Crippen molar-refractivity contribution in [3.63, 3.8) is 0 Å². The fourth-order valence-corrected chi connectivity index (χ4v) is 5.03. The number of benzene rings is 3. The molecule has 0 unspecified atom stereocenters. The quantitative estimate of drug-likeness (QED) is 0.193. The molecule has 3 aromatic carbocycles. The van der Waals surface area contributed by atoms with Gasteiger partial charge >= 0.3 is 0 Å². The zero-order valence-electron chi connectivity index (χ0n) is 20.8. The van der Waals surface area contributed by atoms with E-state index < -0.39 is 0 Å². The Bertz CT molecular complexity index is 1640. The van der Waals surface area contributed by atoms with E-state index in [0.717, 1.165) is 11.3 Å². The van der Waals surface area contributed by atoms with Gasteiger partial charge in [0.2, 0.25) is 5.89 Å². The molecule has 5 aromatic rings. The van der Waals surface area contributed by atoms with Crippen molar-refractivity contribution >= 4 is 22.7 Å². The molecule has 188 valence electrons. The number of ether oxygens (including phenoxy) is 3. The highest BCUT2D eigenvalue weighted by Gasteiger charge is 2.20. The van der Waals surface area contributed by atoms with E-state index in [1.807, 2.05) is 61.5 Å². The Balaban J connectivity index is 1.54. The maximum Gasteiger partial charge on any atom is 0.266 e. The molecule has 2 aromatic heterocycles. The highest BCUT2D eigenvalue weighted by atomic mass is 32.2. The van der Waals surface area contributed by atoms with Gasteiger partial charge in [0.05, 0.1) is 49.2 Å². The number of rotatable bonds is 8. The molecule has 0 aliphatic heterocycles. The summed E-state index contributed by atoms with van der Waals surface area (Å²) in [5.41, 5.74) is 2.54. The van der Waals surface area contributed by atoms with Gasteiger partial charge in [-0.3, -0.25) is 9.36 Å². The van der Waals surface area contributed by atoms with Crippen molar-refractivity contribution in [3.8, 4) is 34.4 Å². The van der Waals surface area contributed by atoms with E-state index in [4.69, 9.17) is 28.6 Å². The van der Waals surface area contributed by atoms with Crippen LogP contribution in [-0.4, -0.2) is 35.9 Å². The second-order valence-corrected chi connectivity index (χ2v) is 9.04. The van der Waals surface area contributed by atoms with Crippen LogP contribution < -0.4 is 19.8 Å². The number of aryl methyl sites for hydroxylation is 1. The molecule has 0 radical (unpaired) electrons. The van der Waals surface area contributed by atoms with Crippen molar-refractivity contribution in [1.29, 1.82) is 0 Å². The average molecular weight is 516 g/mol. The molecule has 0 aliphatic carbocycles. The van der Waals surface area contributed by atoms with Crippen LogP contribution in [0, 0.1) is 6.92 Å². The summed E-state index contributed by atoms with van der Waals surface area (Å²) < 4.78 is 23.9. The van der Waals surface area contributed by atoms with Crippen LogP contribution >= 0.6 is 11.8 Å². The molecule has 0 aliphatic rings. The SMILES string of the molecule is COc1ccc(-c2nc(CSc3nc4ccccc4c(=O)n3-c3ccccc3OC)c(C)o2)c(OC)c1. The van der Waals surface area contributed by atoms with Crippen molar-refractivity contribution in [3.05, 3.63) is 88.5 Å². The van der Waals surface area contributed by atoms with Crippen LogP contribution in [0.25, 0.3) is 28.0 Å². The molecule has 0 bridgehead atoms. The molecule has 0 fully saturated rings. The summed E-state index contributed by atoms with van der Waals surface area (Å²) in [4.78, 5) is 23.2. The van der Waals surface area contributed by atoms with E-state index in [-0.39, 0.29) is 5.56 Å². The van der Waals surface area contributed by atoms with E-state index in [1.165, 1.54) is 11.8 Å². The molecule has 2 heterocycles. The van der Waals surface area contributed by atoms with Crippen molar-refractivity contribution in [2.75, 3.05) is 21.3 Å². The van der Waals surface area contributed by atoms with Gasteiger partial charge < -0.3 is 18.6 Å². The van der Waals surface area contributed by atoms with E-state index in [1.54, 1.807) is 38.0 Å². The summed E-state index contributed by atoms with van der Waals surface area (Å²) in [6.45, 7) is 1.86. The number of oxazole rings is 1. The Morgan fingerprint density at radius 1 is 0.892 bits per heavy atom. The molecule has 0 N–H and O–H groups in total. The van der Waals surface area contributed by atoms with Crippen LogP contribution in [0.3, 0.4) is 0 Å². The van der Waals surface area contributed by atoms with Crippen LogP contribution in [0.5, 0.6) is 17.2 Å². The zero-order valence-corrected chi connectivity index (χ0v) is 21.7. The number of thioether (sulfide) groups is 1. The standard InChI is InChI=1S/C28H25N3O5S/c1-17-22(29-26(36-17)20-14-13-18(33-2)15-25(20)35-4)16-37-28-30-21-10-6-5-9-19(21)27(32)31(28)23-11-7-8-12-24(23)34-3/h5-15H,16H2,1-4H3. The molecular formula is C28H25N3O5S. The molecule has 0 amide bonds. The smallest absolute Gasteiger partial charge is 0.266 e. The second kappa shape index (κ2) is 10.4. The molecule has 0 saturated heterocycles. The van der Waals surface area contributed by atoms with Crippen molar-refractivity contribution in [2.45, 2.75) is 17.8 Å². The Morgan fingerprint density at radius 2 is 1.65 bits per heavy atom. The third-order valence-corrected chi connectivity index (χ3v) is 6.89. The number of aromatic nitrogens is 3. The first-order valence-corrected chi connectivity index (χ1v) is 12.5. The number of para-hydroxylation sites is 3. The third-order valence-electron chi connectivity index (χ3n) is 5.94. The Hall–Kier alpha value is -4.24. The zero-order chi connectivity index (χ0) is 25.9. The normalized spacial score (nSPS) is 11.0. The number of nitrogens with zero attached hydrogens (tertiary/aromatic N) is 3. The minimum Gasteiger partial charge on any atom is -0.497 e. The van der Waals surface area contributed by atoms with Gasteiger partial charge in [-0.05, 0) is 43.3 Å². The van der Waals surface area contributed by atoms with E-state index in [2.05, 4.69) is 0 Å². The summed E-state index contributed by atoms with van der Waals surface area (Å²) in [7, 11) is 4.77. The average Bonchev–Trinajstić information content (AvgIpc) is 3.31. The van der Waals surface area contributed by atoms with Gasteiger partial charge in [-0.25, -0.2) is 9.97 Å². The fraction of sp³-hybridized carbons (Fsp3) is 0.179. The van der Waals surface area contributed by atoms with Gasteiger partial charge in [-0.2, -0.15) is 0 Å². The number of hydrogen-bond donors (Lipinski definition) is 0. The lowest BCUT2D eigenvalue weighted by molar-refractivity contribution is 0.394. The lowest BCUT2D eigenvalue weighted by atomic mass is 10.2. The molecule has 37 heavy (non-hydrogen) atoms. The molecule has 0 spiro atoms. The van der Waals surface area contributed by atoms with Crippen LogP contribution in [0.4, 0.5) is 0 Å². The number of methoxy groups -OCH3 is 3. The predicted octanol–water partition coefficient (Wildman–Crippen LogP) is 5.67. The first kappa shape index (κ1) is 24.5. The summed E-state index contributed by atoms with van der Waals surface area (Å²) in [5, 5.41) is 1.06. The minimum absolute atomic E-state index is 0.168. The first-order valence-electron chi connectivity index (χ1n) is 11.5. The predicted molar refractivity (Wildman–Crippen MR) is 143 cm³/mol. The van der Waals surface area contributed by atoms with Crippen LogP contribution in [0.2, 0.25) is 0 Å². The fourth-order valence-electron chi connectivity index (χ4n) is 4.02. The minimum atomic E-state index is -0.168. The highest BCUT2D eigenvalue weighted by molar-refractivity contribution is 7.98. The lowest BCUT2D eigenvalue weighted by Crippen LogP contribution is -2.22. The van der Waals surface area contributed by atoms with Crippen molar-refractivity contribution < 1.29 is 18.6 Å². The lowest BCUT2D eigenvalue weighted by Gasteiger charge is -2.15. The van der Waals surface area contributed by atoms with Gasteiger partial charge in [0.25, 0.3) is 5.56 Å². The Labute approximate surface area is 217 Å². The highest BCUT2D eigenvalue weighted by Crippen LogP contribution is 2.35. The summed E-state index contributed by atoms with van der Waals surface area (Å²) in [6.07, 6.45) is 0. The van der Waals surface area contributed by atoms with Crippen LogP contribution in [-0.2, 0) is 5.75 Å². The van der Waals surface area contributed by atoms with Gasteiger partial charge in [-0.1, -0.05) is 36.0 Å². The second-order valence-electron chi connectivity index (χ2n) is 8.10. The van der Waals surface area contributed by atoms with E-state index in [0.29, 0.717) is 56.4 Å². The van der Waals surface area contributed by atoms with E-state index in [9.17, 15) is 4.79 Å². The molecule has 8 nitrogen and oxygen atoms in total. The summed E-state index contributed by atoms with van der Waals surface area (Å²) in [5.74, 6) is 3.41. The monoisotopic (exact) mass is 515 g/mol. The maximum absolute atomic E-state index is 13.6. The first-order chi connectivity index (χ1) is 18.0. The maximum atomic E-state index is 13.6. The molecule has 0 saturated carbocycles. The Kier molecular flexibility index (Phi) is 6.87. The van der Waals surface area contributed by atoms with Crippen LogP contribution in [0.15, 0.2) is 81.1 Å². The van der Waals surface area contributed by atoms with Gasteiger partial charge in [0, 0.05) is 11.8 Å². The summed E-state index contributed by atoms with van der Waals surface area (Å²) >= 11 is 1.40. The van der Waals surface area contributed by atoms with Gasteiger partial charge in [0.1, 0.15) is 23.0 Å². The molecule has 5 rings (SSSR count). The largest absolute Gasteiger partial charge is 0.497 e.